The van der Waals surface area contributed by atoms with Crippen molar-refractivity contribution in [3.05, 3.63) is 23.3 Å². The van der Waals surface area contributed by atoms with Crippen LogP contribution in [0.4, 0.5) is 0 Å². The minimum absolute atomic E-state index is 0.153. The molecule has 0 spiro atoms. The monoisotopic (exact) mass is 278 g/mol. The molecule has 1 aliphatic heterocycles. The van der Waals surface area contributed by atoms with Crippen molar-refractivity contribution in [3.8, 4) is 0 Å². The van der Waals surface area contributed by atoms with Crippen LogP contribution in [0.3, 0.4) is 0 Å². The molecular formula is C15H22N2O3. The van der Waals surface area contributed by atoms with Crippen LogP contribution in [0, 0.1) is 0 Å². The summed E-state index contributed by atoms with van der Waals surface area (Å²) in [5.74, 6) is 0.550. The van der Waals surface area contributed by atoms with Crippen LogP contribution < -0.4 is 0 Å². The zero-order chi connectivity index (χ0) is 14.5. The largest absolute Gasteiger partial charge is 0.462 e. The second kappa shape index (κ2) is 6.79. The van der Waals surface area contributed by atoms with Crippen molar-refractivity contribution in [3.63, 3.8) is 0 Å². The van der Waals surface area contributed by atoms with Crippen molar-refractivity contribution in [2.24, 2.45) is 0 Å². The second-order valence-electron chi connectivity index (χ2n) is 5.30. The van der Waals surface area contributed by atoms with E-state index in [2.05, 4.69) is 9.97 Å². The third-order valence-electron chi connectivity index (χ3n) is 3.34. The Labute approximate surface area is 119 Å². The first-order valence-corrected chi connectivity index (χ1v) is 7.26. The van der Waals surface area contributed by atoms with Crippen LogP contribution >= 0.6 is 0 Å². The number of aromatic nitrogens is 2. The number of carbonyl (C=O) groups excluding carboxylic acids is 1. The lowest BCUT2D eigenvalue weighted by Crippen LogP contribution is -2.16. The number of nitrogens with zero attached hydrogens (tertiary/aromatic N) is 2. The molecule has 20 heavy (non-hydrogen) atoms. The van der Waals surface area contributed by atoms with E-state index >= 15 is 0 Å². The van der Waals surface area contributed by atoms with E-state index in [9.17, 15) is 4.79 Å². The fraction of sp³-hybridized carbons (Fsp3) is 0.667. The molecule has 0 amide bonds. The third kappa shape index (κ3) is 3.54. The molecule has 1 aliphatic rings. The quantitative estimate of drug-likeness (QED) is 0.774. The van der Waals surface area contributed by atoms with E-state index in [0.29, 0.717) is 18.6 Å². The first kappa shape index (κ1) is 14.9. The first-order chi connectivity index (χ1) is 9.61. The SMILES string of the molecule is CCOC(=O)c1cnc(CC2CCCO2)nc1C(C)C. The summed E-state index contributed by atoms with van der Waals surface area (Å²) in [7, 11) is 0. The van der Waals surface area contributed by atoms with Crippen LogP contribution in [0.5, 0.6) is 0 Å². The number of ether oxygens (including phenoxy) is 2. The fourth-order valence-corrected chi connectivity index (χ4v) is 2.35. The van der Waals surface area contributed by atoms with Crippen LogP contribution in [-0.2, 0) is 15.9 Å². The number of esters is 1. The molecule has 5 nitrogen and oxygen atoms in total. The van der Waals surface area contributed by atoms with Crippen LogP contribution in [0.1, 0.15) is 61.4 Å². The van der Waals surface area contributed by atoms with Crippen molar-refractivity contribution in [2.75, 3.05) is 13.2 Å². The van der Waals surface area contributed by atoms with E-state index in [-0.39, 0.29) is 18.0 Å². The minimum atomic E-state index is -0.347. The Morgan fingerprint density at radius 3 is 2.95 bits per heavy atom. The molecule has 0 bridgehead atoms. The summed E-state index contributed by atoms with van der Waals surface area (Å²) in [5, 5.41) is 0. The summed E-state index contributed by atoms with van der Waals surface area (Å²) in [6.07, 6.45) is 4.67. The number of hydrogen-bond acceptors (Lipinski definition) is 5. The molecule has 0 radical (unpaired) electrons. The van der Waals surface area contributed by atoms with Crippen LogP contribution in [0.15, 0.2) is 6.20 Å². The Hall–Kier alpha value is -1.49. The highest BCUT2D eigenvalue weighted by atomic mass is 16.5. The Bertz CT molecular complexity index is 468. The van der Waals surface area contributed by atoms with Gasteiger partial charge in [-0.3, -0.25) is 0 Å². The summed E-state index contributed by atoms with van der Waals surface area (Å²) in [4.78, 5) is 20.7. The van der Waals surface area contributed by atoms with Gasteiger partial charge >= 0.3 is 5.97 Å². The average molecular weight is 278 g/mol. The van der Waals surface area contributed by atoms with Gasteiger partial charge in [-0.05, 0) is 25.7 Å². The van der Waals surface area contributed by atoms with Gasteiger partial charge in [0.1, 0.15) is 5.82 Å². The summed E-state index contributed by atoms with van der Waals surface area (Å²) in [5.41, 5.74) is 1.23. The Morgan fingerprint density at radius 1 is 1.55 bits per heavy atom. The normalized spacial score (nSPS) is 18.5. The molecule has 0 aliphatic carbocycles. The van der Waals surface area contributed by atoms with Gasteiger partial charge in [-0.25, -0.2) is 14.8 Å². The topological polar surface area (TPSA) is 61.3 Å². The standard InChI is InChI=1S/C15H22N2O3/c1-4-19-15(18)12-9-16-13(17-14(12)10(2)3)8-11-6-5-7-20-11/h9-11H,4-8H2,1-3H3. The van der Waals surface area contributed by atoms with Crippen molar-refractivity contribution >= 4 is 5.97 Å². The van der Waals surface area contributed by atoms with Gasteiger partial charge in [-0.15, -0.1) is 0 Å². The maximum absolute atomic E-state index is 11.9. The minimum Gasteiger partial charge on any atom is -0.462 e. The molecule has 1 atom stereocenters. The maximum atomic E-state index is 11.9. The van der Waals surface area contributed by atoms with Crippen molar-refractivity contribution in [1.82, 2.24) is 9.97 Å². The smallest absolute Gasteiger partial charge is 0.341 e. The van der Waals surface area contributed by atoms with Crippen LogP contribution in [-0.4, -0.2) is 35.3 Å². The lowest BCUT2D eigenvalue weighted by atomic mass is 10.0. The van der Waals surface area contributed by atoms with Gasteiger partial charge in [-0.2, -0.15) is 0 Å². The molecule has 0 N–H and O–H groups in total. The Balaban J connectivity index is 2.20. The van der Waals surface area contributed by atoms with Crippen LogP contribution in [0.25, 0.3) is 0 Å². The van der Waals surface area contributed by atoms with Gasteiger partial charge in [-0.1, -0.05) is 13.8 Å². The van der Waals surface area contributed by atoms with E-state index in [1.165, 1.54) is 0 Å². The lowest BCUT2D eigenvalue weighted by Gasteiger charge is -2.13. The van der Waals surface area contributed by atoms with Gasteiger partial charge in [0.05, 0.1) is 24.0 Å². The number of rotatable bonds is 5. The lowest BCUT2D eigenvalue weighted by molar-refractivity contribution is 0.0523. The molecule has 1 saturated heterocycles. The van der Waals surface area contributed by atoms with E-state index in [4.69, 9.17) is 9.47 Å². The van der Waals surface area contributed by atoms with Crippen molar-refractivity contribution in [2.45, 2.75) is 52.1 Å². The molecule has 1 unspecified atom stereocenters. The summed E-state index contributed by atoms with van der Waals surface area (Å²) < 4.78 is 10.7. The molecule has 1 fully saturated rings. The maximum Gasteiger partial charge on any atom is 0.341 e. The molecule has 5 heteroatoms. The molecule has 110 valence electrons. The molecule has 0 saturated carbocycles. The van der Waals surface area contributed by atoms with Crippen molar-refractivity contribution in [1.29, 1.82) is 0 Å². The molecule has 2 heterocycles. The summed E-state index contributed by atoms with van der Waals surface area (Å²) in [6.45, 7) is 7.00. The Morgan fingerprint density at radius 2 is 2.35 bits per heavy atom. The Kier molecular flexibility index (Phi) is 5.06. The molecule has 2 rings (SSSR count). The number of carbonyl (C=O) groups is 1. The van der Waals surface area contributed by atoms with Gasteiger partial charge in [0.15, 0.2) is 0 Å². The predicted molar refractivity (Wildman–Crippen MR) is 74.8 cm³/mol. The van der Waals surface area contributed by atoms with E-state index in [1.54, 1.807) is 13.1 Å². The zero-order valence-corrected chi connectivity index (χ0v) is 12.4. The molecule has 1 aromatic heterocycles. The predicted octanol–water partition coefficient (Wildman–Crippen LogP) is 2.50. The average Bonchev–Trinajstić information content (AvgIpc) is 2.91. The highest BCUT2D eigenvalue weighted by Crippen LogP contribution is 2.20. The highest BCUT2D eigenvalue weighted by Gasteiger charge is 2.21. The summed E-state index contributed by atoms with van der Waals surface area (Å²) in [6, 6.07) is 0. The highest BCUT2D eigenvalue weighted by molar-refractivity contribution is 5.90. The number of hydrogen-bond donors (Lipinski definition) is 0. The van der Waals surface area contributed by atoms with Gasteiger partial charge in [0, 0.05) is 19.2 Å². The van der Waals surface area contributed by atoms with Gasteiger partial charge in [0.2, 0.25) is 0 Å². The van der Waals surface area contributed by atoms with E-state index < -0.39 is 0 Å². The van der Waals surface area contributed by atoms with Gasteiger partial charge < -0.3 is 9.47 Å². The van der Waals surface area contributed by atoms with Crippen molar-refractivity contribution < 1.29 is 14.3 Å². The zero-order valence-electron chi connectivity index (χ0n) is 12.4. The molecule has 0 aromatic carbocycles. The fourth-order valence-electron chi connectivity index (χ4n) is 2.35. The first-order valence-electron chi connectivity index (χ1n) is 7.26. The van der Waals surface area contributed by atoms with Gasteiger partial charge in [0.25, 0.3) is 0 Å². The summed E-state index contributed by atoms with van der Waals surface area (Å²) >= 11 is 0. The van der Waals surface area contributed by atoms with E-state index in [0.717, 1.165) is 31.0 Å². The molecule has 1 aromatic rings. The molecular weight excluding hydrogens is 256 g/mol. The van der Waals surface area contributed by atoms with E-state index in [1.807, 2.05) is 13.8 Å². The third-order valence-corrected chi connectivity index (χ3v) is 3.34. The van der Waals surface area contributed by atoms with Crippen LogP contribution in [0.2, 0.25) is 0 Å². The second-order valence-corrected chi connectivity index (χ2v) is 5.30.